The molecular formula is C19H19NO6S. The number of carboxylic acids is 1. The van der Waals surface area contributed by atoms with Crippen LogP contribution in [0.3, 0.4) is 0 Å². The van der Waals surface area contributed by atoms with Gasteiger partial charge in [-0.2, -0.15) is 0 Å². The third-order valence-electron chi connectivity index (χ3n) is 4.14. The molecule has 0 bridgehead atoms. The van der Waals surface area contributed by atoms with E-state index in [1.807, 2.05) is 6.92 Å². The lowest BCUT2D eigenvalue weighted by Gasteiger charge is -2.08. The first-order valence-electron chi connectivity index (χ1n) is 8.36. The van der Waals surface area contributed by atoms with Gasteiger partial charge in [0.15, 0.2) is 0 Å². The van der Waals surface area contributed by atoms with Crippen LogP contribution in [0.25, 0.3) is 10.9 Å². The summed E-state index contributed by atoms with van der Waals surface area (Å²) >= 11 is 0. The van der Waals surface area contributed by atoms with E-state index in [9.17, 15) is 18.3 Å². The Hall–Kier alpha value is -3.00. The van der Waals surface area contributed by atoms with Gasteiger partial charge in [-0.1, -0.05) is 0 Å². The maximum atomic E-state index is 13.1. The van der Waals surface area contributed by atoms with Crippen LogP contribution in [-0.4, -0.2) is 35.2 Å². The molecule has 0 fully saturated rings. The molecule has 0 spiro atoms. The molecule has 0 aliphatic heterocycles. The lowest BCUT2D eigenvalue weighted by molar-refractivity contribution is -0.136. The van der Waals surface area contributed by atoms with Crippen molar-refractivity contribution in [1.82, 2.24) is 3.97 Å². The smallest absolute Gasteiger partial charge is 0.303 e. The number of nitrogens with zero attached hydrogens (tertiary/aromatic N) is 1. The van der Waals surface area contributed by atoms with E-state index in [-0.39, 0.29) is 23.5 Å². The molecule has 0 saturated carbocycles. The number of hydrogen-bond acceptors (Lipinski definition) is 5. The fourth-order valence-electron chi connectivity index (χ4n) is 2.87. The second kappa shape index (κ2) is 7.32. The normalized spacial score (nSPS) is 11.6. The third-order valence-corrected chi connectivity index (χ3v) is 5.83. The first kappa shape index (κ1) is 18.8. The minimum atomic E-state index is -3.91. The van der Waals surface area contributed by atoms with Crippen molar-refractivity contribution in [2.75, 3.05) is 6.61 Å². The molecule has 1 heterocycles. The van der Waals surface area contributed by atoms with Crippen LogP contribution < -0.4 is 4.74 Å². The van der Waals surface area contributed by atoms with Crippen molar-refractivity contribution < 1.29 is 28.2 Å². The van der Waals surface area contributed by atoms with E-state index in [1.165, 1.54) is 30.5 Å². The average molecular weight is 389 g/mol. The highest BCUT2D eigenvalue weighted by molar-refractivity contribution is 7.90. The highest BCUT2D eigenvalue weighted by atomic mass is 32.2. The van der Waals surface area contributed by atoms with Gasteiger partial charge < -0.3 is 14.9 Å². The standard InChI is InChI=1S/C19H19NO6S/c1-2-26-15-6-9-18-17(11-15)13(3-10-19(22)23)12-20(18)27(24,25)16-7-4-14(21)5-8-16/h4-9,11-12,21H,2-3,10H2,1H3,(H,22,23). The number of hydrogen-bond donors (Lipinski definition) is 2. The SMILES string of the molecule is CCOc1ccc2c(c1)c(CCC(=O)O)cn2S(=O)(=O)c1ccc(O)cc1. The number of fused-ring (bicyclic) bond motifs is 1. The summed E-state index contributed by atoms with van der Waals surface area (Å²) in [5.74, 6) is -0.408. The summed E-state index contributed by atoms with van der Waals surface area (Å²) in [7, 11) is -3.91. The summed E-state index contributed by atoms with van der Waals surface area (Å²) in [5.41, 5.74) is 1.04. The van der Waals surface area contributed by atoms with Crippen LogP contribution >= 0.6 is 0 Å². The van der Waals surface area contributed by atoms with E-state index in [1.54, 1.807) is 18.2 Å². The van der Waals surface area contributed by atoms with Crippen LogP contribution in [0.2, 0.25) is 0 Å². The fraction of sp³-hybridized carbons (Fsp3) is 0.211. The van der Waals surface area contributed by atoms with Crippen molar-refractivity contribution in [2.45, 2.75) is 24.7 Å². The number of aromatic nitrogens is 1. The Morgan fingerprint density at radius 3 is 2.48 bits per heavy atom. The summed E-state index contributed by atoms with van der Waals surface area (Å²) in [5, 5.41) is 19.0. The van der Waals surface area contributed by atoms with Gasteiger partial charge in [0.2, 0.25) is 0 Å². The number of rotatable bonds is 7. The Morgan fingerprint density at radius 1 is 1.15 bits per heavy atom. The highest BCUT2D eigenvalue weighted by Crippen LogP contribution is 2.30. The minimum absolute atomic E-state index is 0.0240. The molecule has 0 saturated heterocycles. The molecule has 0 amide bonds. The fourth-order valence-corrected chi connectivity index (χ4v) is 4.26. The summed E-state index contributed by atoms with van der Waals surface area (Å²) in [4.78, 5) is 11.0. The predicted octanol–water partition coefficient (Wildman–Crippen LogP) is 3.00. The van der Waals surface area contributed by atoms with Crippen molar-refractivity contribution in [2.24, 2.45) is 0 Å². The number of carbonyl (C=O) groups is 1. The van der Waals surface area contributed by atoms with Crippen molar-refractivity contribution in [3.63, 3.8) is 0 Å². The van der Waals surface area contributed by atoms with Crippen molar-refractivity contribution >= 4 is 26.9 Å². The molecule has 27 heavy (non-hydrogen) atoms. The molecule has 2 aromatic carbocycles. The second-order valence-corrected chi connectivity index (χ2v) is 7.77. The second-order valence-electron chi connectivity index (χ2n) is 5.95. The molecule has 0 radical (unpaired) electrons. The van der Waals surface area contributed by atoms with Crippen molar-refractivity contribution in [3.8, 4) is 11.5 Å². The number of phenols is 1. The molecule has 8 heteroatoms. The molecule has 2 N–H and O–H groups in total. The lowest BCUT2D eigenvalue weighted by Crippen LogP contribution is -2.11. The van der Waals surface area contributed by atoms with Gasteiger partial charge in [0, 0.05) is 18.0 Å². The van der Waals surface area contributed by atoms with Crippen LogP contribution in [-0.2, 0) is 21.2 Å². The molecule has 3 rings (SSSR count). The van der Waals surface area contributed by atoms with Gasteiger partial charge in [-0.05, 0) is 61.4 Å². The van der Waals surface area contributed by atoms with E-state index >= 15 is 0 Å². The largest absolute Gasteiger partial charge is 0.508 e. The quantitative estimate of drug-likeness (QED) is 0.643. The monoisotopic (exact) mass is 389 g/mol. The molecule has 0 unspecified atom stereocenters. The van der Waals surface area contributed by atoms with Gasteiger partial charge in [-0.15, -0.1) is 0 Å². The first-order chi connectivity index (χ1) is 12.8. The van der Waals surface area contributed by atoms with Gasteiger partial charge in [0.05, 0.1) is 17.0 Å². The summed E-state index contributed by atoms with van der Waals surface area (Å²) in [6.45, 7) is 2.30. The van der Waals surface area contributed by atoms with Gasteiger partial charge >= 0.3 is 5.97 Å². The number of benzene rings is 2. The molecule has 1 aromatic heterocycles. The van der Waals surface area contributed by atoms with E-state index in [0.29, 0.717) is 28.8 Å². The van der Waals surface area contributed by atoms with Gasteiger partial charge in [-0.3, -0.25) is 4.79 Å². The molecule has 0 aliphatic rings. The van der Waals surface area contributed by atoms with Crippen LogP contribution in [0, 0.1) is 0 Å². The van der Waals surface area contributed by atoms with Gasteiger partial charge in [-0.25, -0.2) is 12.4 Å². The zero-order valence-corrected chi connectivity index (χ0v) is 15.4. The predicted molar refractivity (Wildman–Crippen MR) is 99.8 cm³/mol. The molecule has 7 nitrogen and oxygen atoms in total. The van der Waals surface area contributed by atoms with E-state index in [0.717, 1.165) is 3.97 Å². The lowest BCUT2D eigenvalue weighted by atomic mass is 10.1. The number of aryl methyl sites for hydroxylation is 1. The molecule has 0 atom stereocenters. The summed E-state index contributed by atoms with van der Waals surface area (Å²) < 4.78 is 32.7. The minimum Gasteiger partial charge on any atom is -0.508 e. The van der Waals surface area contributed by atoms with Gasteiger partial charge in [0.1, 0.15) is 11.5 Å². The maximum absolute atomic E-state index is 13.1. The van der Waals surface area contributed by atoms with Crippen molar-refractivity contribution in [3.05, 3.63) is 54.2 Å². The maximum Gasteiger partial charge on any atom is 0.303 e. The third kappa shape index (κ3) is 3.75. The Balaban J connectivity index is 2.17. The van der Waals surface area contributed by atoms with Crippen LogP contribution in [0.4, 0.5) is 0 Å². The number of phenolic OH excluding ortho intramolecular Hbond substituents is 1. The van der Waals surface area contributed by atoms with E-state index < -0.39 is 16.0 Å². The molecule has 0 aliphatic carbocycles. The summed E-state index contributed by atoms with van der Waals surface area (Å²) in [6.07, 6.45) is 1.53. The molecule has 142 valence electrons. The van der Waals surface area contributed by atoms with E-state index in [2.05, 4.69) is 0 Å². The Morgan fingerprint density at radius 2 is 1.85 bits per heavy atom. The Bertz CT molecular complexity index is 1080. The number of ether oxygens (including phenoxy) is 1. The summed E-state index contributed by atoms with van der Waals surface area (Å²) in [6, 6.07) is 10.3. The van der Waals surface area contributed by atoms with Gasteiger partial charge in [0.25, 0.3) is 10.0 Å². The zero-order valence-electron chi connectivity index (χ0n) is 14.6. The van der Waals surface area contributed by atoms with E-state index in [4.69, 9.17) is 9.84 Å². The molecular weight excluding hydrogens is 370 g/mol. The van der Waals surface area contributed by atoms with Crippen molar-refractivity contribution in [1.29, 1.82) is 0 Å². The highest BCUT2D eigenvalue weighted by Gasteiger charge is 2.22. The Labute approximate surface area is 156 Å². The topological polar surface area (TPSA) is 106 Å². The average Bonchev–Trinajstić information content (AvgIpc) is 2.99. The number of aromatic hydroxyl groups is 1. The number of carboxylic acid groups (broad SMARTS) is 1. The first-order valence-corrected chi connectivity index (χ1v) is 9.80. The van der Waals surface area contributed by atoms with Crippen LogP contribution in [0.1, 0.15) is 18.9 Å². The zero-order chi connectivity index (χ0) is 19.6. The van der Waals surface area contributed by atoms with Crippen LogP contribution in [0.15, 0.2) is 53.6 Å². The number of aliphatic carboxylic acids is 1. The van der Waals surface area contributed by atoms with Crippen LogP contribution in [0.5, 0.6) is 11.5 Å². The Kier molecular flexibility index (Phi) is 5.09. The molecule has 3 aromatic rings.